The van der Waals surface area contributed by atoms with Gasteiger partial charge in [-0.25, -0.2) is 0 Å². The number of benzene rings is 1. The van der Waals surface area contributed by atoms with E-state index in [-0.39, 0.29) is 0 Å². The van der Waals surface area contributed by atoms with Gasteiger partial charge in [0.2, 0.25) is 0 Å². The van der Waals surface area contributed by atoms with Gasteiger partial charge in [-0.15, -0.1) is 0 Å². The predicted molar refractivity (Wildman–Crippen MR) is 46.2 cm³/mol. The average Bonchev–Trinajstić information content (AvgIpc) is 2.06. The largest absolute Gasteiger partial charge is 0.320 e. The number of nitrogens with one attached hydrogen (secondary N) is 1. The molecular formula is C9H11N2O. The molecule has 3 heteroatoms. The van der Waals surface area contributed by atoms with Crippen LogP contribution in [0.3, 0.4) is 0 Å². The minimum absolute atomic E-state index is 0.448. The monoisotopic (exact) mass is 163 g/mol. The first-order valence-corrected chi connectivity index (χ1v) is 3.75. The van der Waals surface area contributed by atoms with Crippen LogP contribution in [0.5, 0.6) is 0 Å². The normalized spacial score (nSPS) is 12.4. The first-order chi connectivity index (χ1) is 5.70. The van der Waals surface area contributed by atoms with Crippen molar-refractivity contribution in [3.8, 4) is 0 Å². The summed E-state index contributed by atoms with van der Waals surface area (Å²) in [5.41, 5.74) is 13.2. The lowest BCUT2D eigenvalue weighted by Gasteiger charge is -2.05. The zero-order valence-corrected chi connectivity index (χ0v) is 6.66. The Kier molecular flexibility index (Phi) is 2.82. The van der Waals surface area contributed by atoms with Crippen molar-refractivity contribution in [2.24, 2.45) is 5.73 Å². The van der Waals surface area contributed by atoms with E-state index in [1.54, 1.807) is 0 Å². The topological polar surface area (TPSA) is 66.9 Å². The van der Waals surface area contributed by atoms with Crippen molar-refractivity contribution in [3.05, 3.63) is 35.9 Å². The fourth-order valence-electron chi connectivity index (χ4n) is 0.961. The van der Waals surface area contributed by atoms with Gasteiger partial charge in [0.25, 0.3) is 5.91 Å². The average molecular weight is 163 g/mol. The minimum atomic E-state index is -0.709. The van der Waals surface area contributed by atoms with Crippen molar-refractivity contribution >= 4 is 5.91 Å². The van der Waals surface area contributed by atoms with Crippen LogP contribution in [0.25, 0.3) is 0 Å². The van der Waals surface area contributed by atoms with E-state index in [1.807, 2.05) is 30.3 Å². The molecule has 1 aromatic carbocycles. The minimum Gasteiger partial charge on any atom is -0.320 e. The molecule has 0 aliphatic heterocycles. The smallest absolute Gasteiger partial charge is 0.255 e. The van der Waals surface area contributed by atoms with Crippen LogP contribution in [0, 0.1) is 0 Å². The highest BCUT2D eigenvalue weighted by molar-refractivity contribution is 5.79. The summed E-state index contributed by atoms with van der Waals surface area (Å²) in [6.07, 6.45) is 0.448. The highest BCUT2D eigenvalue weighted by atomic mass is 16.1. The van der Waals surface area contributed by atoms with Gasteiger partial charge < -0.3 is 5.73 Å². The second kappa shape index (κ2) is 3.88. The third-order valence-electron chi connectivity index (χ3n) is 1.64. The molecule has 1 rings (SSSR count). The van der Waals surface area contributed by atoms with E-state index in [2.05, 4.69) is 0 Å². The standard InChI is InChI=1S/C9H11N2O/c10-8(9(11)12)6-7-4-2-1-3-5-7/h1-5,8,11H,6,10H2/t8-/m0/s1. The number of nitrogens with two attached hydrogens (primary N) is 1. The predicted octanol–water partition coefficient (Wildman–Crippen LogP) is 0.366. The molecule has 3 N–H and O–H groups in total. The zero-order chi connectivity index (χ0) is 8.97. The molecule has 1 radical (unpaired) electrons. The maximum absolute atomic E-state index is 10.5. The molecule has 1 atom stereocenters. The molecule has 0 aromatic heterocycles. The van der Waals surface area contributed by atoms with E-state index in [0.717, 1.165) is 5.56 Å². The van der Waals surface area contributed by atoms with E-state index in [4.69, 9.17) is 11.5 Å². The number of carbonyl (C=O) groups is 1. The van der Waals surface area contributed by atoms with E-state index in [9.17, 15) is 4.79 Å². The van der Waals surface area contributed by atoms with Crippen LogP contribution in [-0.2, 0) is 11.2 Å². The van der Waals surface area contributed by atoms with Crippen LogP contribution in [0.1, 0.15) is 5.56 Å². The summed E-state index contributed by atoms with van der Waals surface area (Å²) in [5.74, 6) is -0.709. The number of amides is 1. The molecule has 0 spiro atoms. The summed E-state index contributed by atoms with van der Waals surface area (Å²) in [6.45, 7) is 0. The van der Waals surface area contributed by atoms with E-state index in [1.165, 1.54) is 0 Å². The number of rotatable bonds is 3. The Bertz CT molecular complexity index is 258. The Labute approximate surface area is 71.4 Å². The first-order valence-electron chi connectivity index (χ1n) is 3.75. The molecule has 12 heavy (non-hydrogen) atoms. The fourth-order valence-corrected chi connectivity index (χ4v) is 0.961. The van der Waals surface area contributed by atoms with Gasteiger partial charge in [0, 0.05) is 0 Å². The van der Waals surface area contributed by atoms with Crippen molar-refractivity contribution in [3.63, 3.8) is 0 Å². The number of hydrogen-bond donors (Lipinski definition) is 1. The SMILES string of the molecule is [NH]C(=O)[C@@H](N)Cc1ccccc1. The van der Waals surface area contributed by atoms with Gasteiger partial charge in [0.15, 0.2) is 0 Å². The Balaban J connectivity index is 2.58. The van der Waals surface area contributed by atoms with E-state index >= 15 is 0 Å². The molecule has 0 bridgehead atoms. The van der Waals surface area contributed by atoms with Gasteiger partial charge in [0.1, 0.15) is 0 Å². The maximum atomic E-state index is 10.5. The number of carbonyl (C=O) groups excluding carboxylic acids is 1. The van der Waals surface area contributed by atoms with Crippen LogP contribution in [0.4, 0.5) is 0 Å². The van der Waals surface area contributed by atoms with Gasteiger partial charge in [-0.2, -0.15) is 0 Å². The molecule has 0 unspecified atom stereocenters. The summed E-state index contributed by atoms with van der Waals surface area (Å²) in [4.78, 5) is 10.5. The summed E-state index contributed by atoms with van der Waals surface area (Å²) in [5, 5.41) is 0. The molecule has 0 heterocycles. The van der Waals surface area contributed by atoms with Crippen LogP contribution in [0.15, 0.2) is 30.3 Å². The summed E-state index contributed by atoms with van der Waals surface area (Å²) >= 11 is 0. The van der Waals surface area contributed by atoms with Gasteiger partial charge in [-0.1, -0.05) is 30.3 Å². The van der Waals surface area contributed by atoms with Crippen LogP contribution < -0.4 is 11.5 Å². The van der Waals surface area contributed by atoms with Crippen LogP contribution >= 0.6 is 0 Å². The number of hydrogen-bond acceptors (Lipinski definition) is 2. The Morgan fingerprint density at radius 2 is 2.00 bits per heavy atom. The summed E-state index contributed by atoms with van der Waals surface area (Å²) < 4.78 is 0. The van der Waals surface area contributed by atoms with Crippen molar-refractivity contribution in [1.82, 2.24) is 5.73 Å². The van der Waals surface area contributed by atoms with E-state index in [0.29, 0.717) is 6.42 Å². The lowest BCUT2D eigenvalue weighted by atomic mass is 10.1. The van der Waals surface area contributed by atoms with Gasteiger partial charge in [-0.3, -0.25) is 10.5 Å². The molecule has 0 saturated carbocycles. The third-order valence-corrected chi connectivity index (χ3v) is 1.64. The summed E-state index contributed by atoms with van der Waals surface area (Å²) in [7, 11) is 0. The van der Waals surface area contributed by atoms with Crippen molar-refractivity contribution < 1.29 is 4.79 Å². The van der Waals surface area contributed by atoms with E-state index < -0.39 is 11.9 Å². The third kappa shape index (κ3) is 2.36. The van der Waals surface area contributed by atoms with Gasteiger partial charge >= 0.3 is 0 Å². The van der Waals surface area contributed by atoms with Gasteiger partial charge in [0.05, 0.1) is 6.04 Å². The lowest BCUT2D eigenvalue weighted by Crippen LogP contribution is -2.33. The highest BCUT2D eigenvalue weighted by Gasteiger charge is 2.09. The van der Waals surface area contributed by atoms with Crippen molar-refractivity contribution in [2.45, 2.75) is 12.5 Å². The zero-order valence-electron chi connectivity index (χ0n) is 6.66. The summed E-state index contributed by atoms with van der Waals surface area (Å²) in [6, 6.07) is 8.77. The second-order valence-electron chi connectivity index (χ2n) is 2.66. The lowest BCUT2D eigenvalue weighted by molar-refractivity contribution is -0.119. The van der Waals surface area contributed by atoms with Crippen LogP contribution in [0.2, 0.25) is 0 Å². The van der Waals surface area contributed by atoms with Gasteiger partial charge in [-0.05, 0) is 12.0 Å². The molecule has 0 fully saturated rings. The Morgan fingerprint density at radius 3 is 2.50 bits per heavy atom. The van der Waals surface area contributed by atoms with Crippen molar-refractivity contribution in [2.75, 3.05) is 0 Å². The quantitative estimate of drug-likeness (QED) is 0.699. The molecular weight excluding hydrogens is 152 g/mol. The molecule has 0 aliphatic rings. The molecule has 0 saturated heterocycles. The molecule has 0 aliphatic carbocycles. The molecule has 63 valence electrons. The van der Waals surface area contributed by atoms with Crippen LogP contribution in [-0.4, -0.2) is 11.9 Å². The first kappa shape index (κ1) is 8.74. The molecule has 3 nitrogen and oxygen atoms in total. The second-order valence-corrected chi connectivity index (χ2v) is 2.66. The Morgan fingerprint density at radius 1 is 1.42 bits per heavy atom. The fraction of sp³-hybridized carbons (Fsp3) is 0.222. The van der Waals surface area contributed by atoms with Crippen molar-refractivity contribution in [1.29, 1.82) is 0 Å². The highest BCUT2D eigenvalue weighted by Crippen LogP contribution is 2.01. The maximum Gasteiger partial charge on any atom is 0.255 e. The Hall–Kier alpha value is -1.35. The molecule has 1 amide bonds. The molecule has 1 aromatic rings.